The molecule has 3 aliphatic rings. The van der Waals surface area contributed by atoms with E-state index in [0.29, 0.717) is 5.41 Å². The standard InChI is InChI=1S/C20H31N5O/c1-19(2)14-7-8-20(19,3)16(12-14)24-18(26)23-15-6-4-11-25(13-15)17-21-9-5-10-22-17/h5,9-10,14-16H,4,6-8,11-13H2,1-3H3,(H2,23,24,26)/t14-,15+,16+,20-/m0/s1. The number of nitrogens with zero attached hydrogens (tertiary/aromatic N) is 3. The van der Waals surface area contributed by atoms with E-state index in [4.69, 9.17) is 0 Å². The number of carbonyl (C=O) groups is 1. The molecule has 2 N–H and O–H groups in total. The first-order valence-electron chi connectivity index (χ1n) is 9.99. The fraction of sp³-hybridized carbons (Fsp3) is 0.750. The van der Waals surface area contributed by atoms with Gasteiger partial charge in [0.1, 0.15) is 0 Å². The molecule has 26 heavy (non-hydrogen) atoms. The van der Waals surface area contributed by atoms with Gasteiger partial charge in [0.25, 0.3) is 0 Å². The fourth-order valence-electron chi connectivity index (χ4n) is 5.54. The van der Waals surface area contributed by atoms with Crippen LogP contribution in [0.15, 0.2) is 18.5 Å². The van der Waals surface area contributed by atoms with E-state index < -0.39 is 0 Å². The quantitative estimate of drug-likeness (QED) is 0.872. The number of rotatable bonds is 3. The Bertz CT molecular complexity index is 663. The van der Waals surface area contributed by atoms with Crippen molar-refractivity contribution in [3.63, 3.8) is 0 Å². The number of hydrogen-bond donors (Lipinski definition) is 2. The van der Waals surface area contributed by atoms with Crippen LogP contribution < -0.4 is 15.5 Å². The van der Waals surface area contributed by atoms with Crippen LogP contribution in [0.4, 0.5) is 10.7 Å². The van der Waals surface area contributed by atoms with Gasteiger partial charge in [0.15, 0.2) is 0 Å². The molecule has 2 saturated carbocycles. The van der Waals surface area contributed by atoms with Crippen molar-refractivity contribution in [2.75, 3.05) is 18.0 Å². The summed E-state index contributed by atoms with van der Waals surface area (Å²) in [5.41, 5.74) is 0.530. The van der Waals surface area contributed by atoms with Crippen molar-refractivity contribution in [3.05, 3.63) is 18.5 Å². The Balaban J connectivity index is 1.34. The Morgan fingerprint density at radius 2 is 1.96 bits per heavy atom. The van der Waals surface area contributed by atoms with Gasteiger partial charge in [-0.2, -0.15) is 0 Å². The fourth-order valence-corrected chi connectivity index (χ4v) is 5.54. The molecule has 1 aliphatic heterocycles. The minimum atomic E-state index is -0.0135. The van der Waals surface area contributed by atoms with Gasteiger partial charge < -0.3 is 15.5 Å². The van der Waals surface area contributed by atoms with E-state index in [0.717, 1.165) is 44.2 Å². The molecule has 2 amide bonds. The maximum atomic E-state index is 12.7. The molecule has 0 unspecified atom stereocenters. The summed E-state index contributed by atoms with van der Waals surface area (Å²) in [6, 6.07) is 2.24. The lowest BCUT2D eigenvalue weighted by Crippen LogP contribution is -2.55. The monoisotopic (exact) mass is 357 g/mol. The van der Waals surface area contributed by atoms with Crippen LogP contribution in [0.1, 0.15) is 52.9 Å². The smallest absolute Gasteiger partial charge is 0.315 e. The number of amides is 2. The Morgan fingerprint density at radius 1 is 1.19 bits per heavy atom. The van der Waals surface area contributed by atoms with E-state index in [1.807, 2.05) is 6.07 Å². The lowest BCUT2D eigenvalue weighted by Gasteiger charge is -2.40. The van der Waals surface area contributed by atoms with Gasteiger partial charge >= 0.3 is 6.03 Å². The topological polar surface area (TPSA) is 70.2 Å². The molecule has 0 aromatic carbocycles. The third kappa shape index (κ3) is 2.83. The molecule has 1 aromatic rings. The summed E-state index contributed by atoms with van der Waals surface area (Å²) in [5, 5.41) is 6.51. The van der Waals surface area contributed by atoms with Gasteiger partial charge in [-0.3, -0.25) is 0 Å². The first-order valence-corrected chi connectivity index (χ1v) is 9.99. The average Bonchev–Trinajstić information content (AvgIpc) is 2.96. The average molecular weight is 358 g/mol. The first kappa shape index (κ1) is 17.6. The zero-order valence-corrected chi connectivity index (χ0v) is 16.2. The van der Waals surface area contributed by atoms with Crippen LogP contribution in [0, 0.1) is 16.7 Å². The summed E-state index contributed by atoms with van der Waals surface area (Å²) in [7, 11) is 0. The molecule has 6 nitrogen and oxygen atoms in total. The SMILES string of the molecule is CC1(C)[C@H]2CC[C@@]1(C)[C@H](NC(=O)N[C@@H]1CCCN(c3ncccn3)C1)C2. The summed E-state index contributed by atoms with van der Waals surface area (Å²) >= 11 is 0. The van der Waals surface area contributed by atoms with E-state index in [9.17, 15) is 4.79 Å². The van der Waals surface area contributed by atoms with Crippen molar-refractivity contribution in [3.8, 4) is 0 Å². The van der Waals surface area contributed by atoms with Crippen molar-refractivity contribution >= 4 is 12.0 Å². The molecule has 0 spiro atoms. The van der Waals surface area contributed by atoms with Crippen LogP contribution in [-0.4, -0.2) is 41.2 Å². The minimum Gasteiger partial charge on any atom is -0.339 e. The van der Waals surface area contributed by atoms with Gasteiger partial charge in [0.05, 0.1) is 0 Å². The second-order valence-electron chi connectivity index (χ2n) is 9.11. The van der Waals surface area contributed by atoms with Crippen molar-refractivity contribution in [2.45, 2.75) is 65.0 Å². The van der Waals surface area contributed by atoms with Crippen LogP contribution in [0.25, 0.3) is 0 Å². The molecule has 3 fully saturated rings. The third-order valence-electron chi connectivity index (χ3n) is 7.69. The molecule has 4 rings (SSSR count). The molecule has 2 aliphatic carbocycles. The highest BCUT2D eigenvalue weighted by molar-refractivity contribution is 5.75. The van der Waals surface area contributed by atoms with Crippen molar-refractivity contribution in [1.82, 2.24) is 20.6 Å². The van der Waals surface area contributed by atoms with E-state index in [1.54, 1.807) is 12.4 Å². The largest absolute Gasteiger partial charge is 0.339 e. The normalized spacial score (nSPS) is 35.3. The lowest BCUT2D eigenvalue weighted by molar-refractivity contribution is 0.123. The van der Waals surface area contributed by atoms with Gasteiger partial charge in [0, 0.05) is 37.6 Å². The number of aromatic nitrogens is 2. The Hall–Kier alpha value is -1.85. The van der Waals surface area contributed by atoms with Crippen LogP contribution in [0.3, 0.4) is 0 Å². The van der Waals surface area contributed by atoms with Gasteiger partial charge in [-0.05, 0) is 54.9 Å². The zero-order valence-electron chi connectivity index (χ0n) is 16.2. The first-order chi connectivity index (χ1) is 12.4. The number of hydrogen-bond acceptors (Lipinski definition) is 4. The highest BCUT2D eigenvalue weighted by atomic mass is 16.2. The van der Waals surface area contributed by atoms with Gasteiger partial charge in [-0.15, -0.1) is 0 Å². The molecular weight excluding hydrogens is 326 g/mol. The lowest BCUT2D eigenvalue weighted by atomic mass is 9.69. The molecular formula is C20H31N5O. The number of nitrogens with one attached hydrogen (secondary N) is 2. The Labute approximate surface area is 156 Å². The molecule has 6 heteroatoms. The molecule has 0 radical (unpaired) electrons. The van der Waals surface area contributed by atoms with Gasteiger partial charge in [0.2, 0.25) is 5.95 Å². The highest BCUT2D eigenvalue weighted by Crippen LogP contribution is 2.65. The van der Waals surface area contributed by atoms with E-state index in [1.165, 1.54) is 12.8 Å². The second kappa shape index (κ2) is 6.39. The second-order valence-corrected chi connectivity index (χ2v) is 9.11. The van der Waals surface area contributed by atoms with E-state index in [-0.39, 0.29) is 23.5 Å². The third-order valence-corrected chi connectivity index (χ3v) is 7.69. The predicted octanol–water partition coefficient (Wildman–Crippen LogP) is 2.96. The summed E-state index contributed by atoms with van der Waals surface area (Å²) in [5.74, 6) is 1.49. The van der Waals surface area contributed by atoms with E-state index >= 15 is 0 Å². The van der Waals surface area contributed by atoms with Gasteiger partial charge in [-0.1, -0.05) is 20.8 Å². The molecule has 142 valence electrons. The minimum absolute atomic E-state index is 0.0135. The predicted molar refractivity (Wildman–Crippen MR) is 102 cm³/mol. The summed E-state index contributed by atoms with van der Waals surface area (Å²) in [6.07, 6.45) is 9.22. The van der Waals surface area contributed by atoms with Crippen LogP contribution in [0.2, 0.25) is 0 Å². The molecule has 2 heterocycles. The maximum absolute atomic E-state index is 12.7. The molecule has 2 bridgehead atoms. The summed E-state index contributed by atoms with van der Waals surface area (Å²) < 4.78 is 0. The van der Waals surface area contributed by atoms with E-state index in [2.05, 4.69) is 46.3 Å². The van der Waals surface area contributed by atoms with Crippen molar-refractivity contribution in [2.24, 2.45) is 16.7 Å². The van der Waals surface area contributed by atoms with Crippen molar-refractivity contribution < 1.29 is 4.79 Å². The van der Waals surface area contributed by atoms with Crippen LogP contribution in [0.5, 0.6) is 0 Å². The Morgan fingerprint density at radius 3 is 2.62 bits per heavy atom. The van der Waals surface area contributed by atoms with Gasteiger partial charge in [-0.25, -0.2) is 14.8 Å². The number of piperidine rings is 1. The number of anilines is 1. The van der Waals surface area contributed by atoms with Crippen LogP contribution >= 0.6 is 0 Å². The molecule has 4 atom stereocenters. The number of fused-ring (bicyclic) bond motifs is 2. The summed E-state index contributed by atoms with van der Waals surface area (Å²) in [4.78, 5) is 23.5. The Kier molecular flexibility index (Phi) is 4.32. The van der Waals surface area contributed by atoms with Crippen molar-refractivity contribution in [1.29, 1.82) is 0 Å². The summed E-state index contributed by atoms with van der Waals surface area (Å²) in [6.45, 7) is 8.83. The highest BCUT2D eigenvalue weighted by Gasteiger charge is 2.61. The molecule has 1 aromatic heterocycles. The maximum Gasteiger partial charge on any atom is 0.315 e. The number of carbonyl (C=O) groups excluding carboxylic acids is 1. The molecule has 1 saturated heterocycles. The number of urea groups is 1. The van der Waals surface area contributed by atoms with Crippen LogP contribution in [-0.2, 0) is 0 Å². The zero-order chi connectivity index (χ0) is 18.4.